The van der Waals surface area contributed by atoms with E-state index in [-0.39, 0.29) is 5.91 Å². The summed E-state index contributed by atoms with van der Waals surface area (Å²) >= 11 is 0. The SMILES string of the molecule is Cc1ccc(-c2cc(C(=O)NCc3ccccc3)c3cc(F)ccc3n2)cc1C. The predicted molar refractivity (Wildman–Crippen MR) is 114 cm³/mol. The first-order valence-electron chi connectivity index (χ1n) is 9.51. The molecule has 0 saturated heterocycles. The number of nitrogens with zero attached hydrogens (tertiary/aromatic N) is 1. The monoisotopic (exact) mass is 384 g/mol. The summed E-state index contributed by atoms with van der Waals surface area (Å²) < 4.78 is 13.9. The van der Waals surface area contributed by atoms with Crippen LogP contribution in [0, 0.1) is 19.7 Å². The molecule has 0 bridgehead atoms. The highest BCUT2D eigenvalue weighted by Crippen LogP contribution is 2.27. The van der Waals surface area contributed by atoms with Crippen LogP contribution < -0.4 is 5.32 Å². The van der Waals surface area contributed by atoms with Gasteiger partial charge in [-0.3, -0.25) is 4.79 Å². The average molecular weight is 384 g/mol. The molecule has 0 spiro atoms. The third kappa shape index (κ3) is 4.02. The Kier molecular flexibility index (Phi) is 5.09. The van der Waals surface area contributed by atoms with E-state index < -0.39 is 5.82 Å². The van der Waals surface area contributed by atoms with Gasteiger partial charge in [-0.2, -0.15) is 0 Å². The molecule has 4 rings (SSSR count). The summed E-state index contributed by atoms with van der Waals surface area (Å²) in [5.74, 6) is -0.646. The predicted octanol–water partition coefficient (Wildman–Crippen LogP) is 5.59. The number of benzene rings is 3. The lowest BCUT2D eigenvalue weighted by Gasteiger charge is -2.12. The molecule has 1 aromatic heterocycles. The van der Waals surface area contributed by atoms with E-state index in [0.29, 0.717) is 28.7 Å². The molecule has 0 radical (unpaired) electrons. The van der Waals surface area contributed by atoms with Gasteiger partial charge in [-0.05, 0) is 60.9 Å². The van der Waals surface area contributed by atoms with Gasteiger partial charge in [0.25, 0.3) is 5.91 Å². The van der Waals surface area contributed by atoms with Gasteiger partial charge in [0.2, 0.25) is 0 Å². The molecule has 0 unspecified atom stereocenters. The second kappa shape index (κ2) is 7.84. The van der Waals surface area contributed by atoms with E-state index in [9.17, 15) is 9.18 Å². The number of carbonyl (C=O) groups is 1. The lowest BCUT2D eigenvalue weighted by molar-refractivity contribution is 0.0952. The van der Waals surface area contributed by atoms with Crippen LogP contribution >= 0.6 is 0 Å². The van der Waals surface area contributed by atoms with Gasteiger partial charge in [0.15, 0.2) is 0 Å². The Bertz CT molecular complexity index is 1200. The summed E-state index contributed by atoms with van der Waals surface area (Å²) in [6.07, 6.45) is 0. The van der Waals surface area contributed by atoms with Crippen LogP contribution in [0.5, 0.6) is 0 Å². The molecule has 1 N–H and O–H groups in total. The molecule has 0 aliphatic heterocycles. The van der Waals surface area contributed by atoms with Crippen molar-refractivity contribution in [1.29, 1.82) is 0 Å². The van der Waals surface area contributed by atoms with Crippen molar-refractivity contribution in [1.82, 2.24) is 10.3 Å². The molecule has 0 aliphatic carbocycles. The van der Waals surface area contributed by atoms with Gasteiger partial charge in [0, 0.05) is 17.5 Å². The maximum Gasteiger partial charge on any atom is 0.252 e. The van der Waals surface area contributed by atoms with E-state index in [2.05, 4.69) is 23.3 Å². The number of halogens is 1. The van der Waals surface area contributed by atoms with E-state index in [1.54, 1.807) is 12.1 Å². The number of hydrogen-bond donors (Lipinski definition) is 1. The van der Waals surface area contributed by atoms with Crippen molar-refractivity contribution in [3.8, 4) is 11.3 Å². The fourth-order valence-electron chi connectivity index (χ4n) is 3.31. The van der Waals surface area contributed by atoms with E-state index in [4.69, 9.17) is 0 Å². The third-order valence-corrected chi connectivity index (χ3v) is 5.11. The Balaban J connectivity index is 1.77. The van der Waals surface area contributed by atoms with Crippen molar-refractivity contribution < 1.29 is 9.18 Å². The fraction of sp³-hybridized carbons (Fsp3) is 0.120. The Morgan fingerprint density at radius 1 is 0.931 bits per heavy atom. The molecular weight excluding hydrogens is 363 g/mol. The number of carbonyl (C=O) groups excluding carboxylic acids is 1. The lowest BCUT2D eigenvalue weighted by Crippen LogP contribution is -2.23. The first-order chi connectivity index (χ1) is 14.0. The minimum Gasteiger partial charge on any atom is -0.348 e. The van der Waals surface area contributed by atoms with Crippen LogP contribution in [0.25, 0.3) is 22.2 Å². The van der Waals surface area contributed by atoms with E-state index in [1.807, 2.05) is 49.4 Å². The van der Waals surface area contributed by atoms with Crippen molar-refractivity contribution in [2.75, 3.05) is 0 Å². The fourth-order valence-corrected chi connectivity index (χ4v) is 3.31. The molecule has 0 atom stereocenters. The molecule has 0 aliphatic rings. The second-order valence-electron chi connectivity index (χ2n) is 7.18. The molecule has 29 heavy (non-hydrogen) atoms. The first kappa shape index (κ1) is 18.8. The minimum atomic E-state index is -0.393. The third-order valence-electron chi connectivity index (χ3n) is 5.11. The smallest absolute Gasteiger partial charge is 0.252 e. The highest BCUT2D eigenvalue weighted by Gasteiger charge is 2.15. The normalized spacial score (nSPS) is 10.9. The van der Waals surface area contributed by atoms with E-state index in [0.717, 1.165) is 16.7 Å². The summed E-state index contributed by atoms with van der Waals surface area (Å²) in [6.45, 7) is 4.50. The maximum atomic E-state index is 13.9. The van der Waals surface area contributed by atoms with Crippen LogP contribution in [0.1, 0.15) is 27.0 Å². The van der Waals surface area contributed by atoms with Crippen molar-refractivity contribution in [3.63, 3.8) is 0 Å². The minimum absolute atomic E-state index is 0.253. The van der Waals surface area contributed by atoms with Crippen LogP contribution in [0.3, 0.4) is 0 Å². The zero-order valence-electron chi connectivity index (χ0n) is 16.4. The zero-order chi connectivity index (χ0) is 20.4. The van der Waals surface area contributed by atoms with E-state index >= 15 is 0 Å². The summed E-state index contributed by atoms with van der Waals surface area (Å²) in [4.78, 5) is 17.7. The molecule has 4 heteroatoms. The van der Waals surface area contributed by atoms with Crippen molar-refractivity contribution in [2.45, 2.75) is 20.4 Å². The molecule has 0 fully saturated rings. The number of aromatic nitrogens is 1. The average Bonchev–Trinajstić information content (AvgIpc) is 2.74. The summed E-state index contributed by atoms with van der Waals surface area (Å²) in [5.41, 5.74) is 5.97. The van der Waals surface area contributed by atoms with Gasteiger partial charge in [-0.25, -0.2) is 9.37 Å². The molecule has 144 valence electrons. The molecule has 4 aromatic rings. The van der Waals surface area contributed by atoms with Gasteiger partial charge >= 0.3 is 0 Å². The molecular formula is C25H21FN2O. The molecule has 1 heterocycles. The number of fused-ring (bicyclic) bond motifs is 1. The molecule has 3 nitrogen and oxygen atoms in total. The second-order valence-corrected chi connectivity index (χ2v) is 7.18. The topological polar surface area (TPSA) is 42.0 Å². The Morgan fingerprint density at radius 2 is 1.72 bits per heavy atom. The summed E-state index contributed by atoms with van der Waals surface area (Å²) in [6, 6.07) is 21.9. The number of aryl methyl sites for hydroxylation is 2. The zero-order valence-corrected chi connectivity index (χ0v) is 16.4. The Labute approximate surface area is 169 Å². The van der Waals surface area contributed by atoms with Crippen molar-refractivity contribution in [3.05, 3.63) is 101 Å². The lowest BCUT2D eigenvalue weighted by atomic mass is 10.0. The number of hydrogen-bond acceptors (Lipinski definition) is 2. The standard InChI is InChI=1S/C25H21FN2O/c1-16-8-9-19(12-17(16)2)24-14-22(21-13-20(26)10-11-23(21)28-24)25(29)27-15-18-6-4-3-5-7-18/h3-14H,15H2,1-2H3,(H,27,29). The van der Waals surface area contributed by atoms with Gasteiger partial charge in [-0.1, -0.05) is 42.5 Å². The van der Waals surface area contributed by atoms with Gasteiger partial charge in [-0.15, -0.1) is 0 Å². The Hall–Kier alpha value is -3.53. The van der Waals surface area contributed by atoms with Crippen LogP contribution in [0.4, 0.5) is 4.39 Å². The molecule has 1 amide bonds. The Morgan fingerprint density at radius 3 is 2.48 bits per heavy atom. The van der Waals surface area contributed by atoms with Crippen LogP contribution in [-0.4, -0.2) is 10.9 Å². The number of pyridine rings is 1. The van der Waals surface area contributed by atoms with E-state index in [1.165, 1.54) is 17.7 Å². The van der Waals surface area contributed by atoms with Crippen LogP contribution in [-0.2, 0) is 6.54 Å². The van der Waals surface area contributed by atoms with Crippen LogP contribution in [0.2, 0.25) is 0 Å². The molecule has 0 saturated carbocycles. The summed E-state index contributed by atoms with van der Waals surface area (Å²) in [5, 5.41) is 3.44. The van der Waals surface area contributed by atoms with Crippen LogP contribution in [0.15, 0.2) is 72.8 Å². The van der Waals surface area contributed by atoms with Crippen molar-refractivity contribution >= 4 is 16.8 Å². The number of rotatable bonds is 4. The number of amides is 1. The van der Waals surface area contributed by atoms with Crippen molar-refractivity contribution in [2.24, 2.45) is 0 Å². The maximum absolute atomic E-state index is 13.9. The first-order valence-corrected chi connectivity index (χ1v) is 9.51. The van der Waals surface area contributed by atoms with Gasteiger partial charge < -0.3 is 5.32 Å². The largest absolute Gasteiger partial charge is 0.348 e. The van der Waals surface area contributed by atoms with Gasteiger partial charge in [0.1, 0.15) is 5.82 Å². The highest BCUT2D eigenvalue weighted by atomic mass is 19.1. The highest BCUT2D eigenvalue weighted by molar-refractivity contribution is 6.07. The molecule has 3 aromatic carbocycles. The quantitative estimate of drug-likeness (QED) is 0.498. The van der Waals surface area contributed by atoms with Gasteiger partial charge in [0.05, 0.1) is 16.8 Å². The summed E-state index contributed by atoms with van der Waals surface area (Å²) in [7, 11) is 0. The number of nitrogens with one attached hydrogen (secondary N) is 1.